The van der Waals surface area contributed by atoms with Gasteiger partial charge in [0.1, 0.15) is 0 Å². The molecule has 2 aliphatic heterocycles. The van der Waals surface area contributed by atoms with Gasteiger partial charge in [0.05, 0.1) is 5.92 Å². The van der Waals surface area contributed by atoms with E-state index < -0.39 is 0 Å². The van der Waals surface area contributed by atoms with Crippen molar-refractivity contribution in [3.05, 3.63) is 0 Å². The molecule has 5 heteroatoms. The van der Waals surface area contributed by atoms with Gasteiger partial charge in [0.15, 0.2) is 0 Å². The molecule has 0 aliphatic carbocycles. The Bertz CT molecular complexity index is 290. The molecule has 2 N–H and O–H groups in total. The minimum atomic E-state index is -0.0281. The van der Waals surface area contributed by atoms with E-state index in [1.165, 1.54) is 0 Å². The van der Waals surface area contributed by atoms with Crippen molar-refractivity contribution in [1.29, 1.82) is 0 Å². The van der Waals surface area contributed by atoms with Crippen molar-refractivity contribution in [2.75, 3.05) is 26.7 Å². The van der Waals surface area contributed by atoms with Gasteiger partial charge in [-0.25, -0.2) is 0 Å². The molecule has 17 heavy (non-hydrogen) atoms. The predicted octanol–water partition coefficient (Wildman–Crippen LogP) is -0.277. The first-order valence-electron chi connectivity index (χ1n) is 6.42. The number of carbonyl (C=O) groups excluding carboxylic acids is 2. The smallest absolute Gasteiger partial charge is 0.227 e. The first-order chi connectivity index (χ1) is 8.18. The predicted molar refractivity (Wildman–Crippen MR) is 64.4 cm³/mol. The van der Waals surface area contributed by atoms with E-state index in [0.717, 1.165) is 25.9 Å². The van der Waals surface area contributed by atoms with Gasteiger partial charge in [-0.3, -0.25) is 9.59 Å². The summed E-state index contributed by atoms with van der Waals surface area (Å²) >= 11 is 0. The van der Waals surface area contributed by atoms with Gasteiger partial charge in [-0.1, -0.05) is 0 Å². The van der Waals surface area contributed by atoms with Crippen LogP contribution in [0.4, 0.5) is 0 Å². The largest absolute Gasteiger partial charge is 0.355 e. The first-order valence-corrected chi connectivity index (χ1v) is 6.42. The fraction of sp³-hybridized carbons (Fsp3) is 0.833. The fourth-order valence-corrected chi connectivity index (χ4v) is 2.58. The van der Waals surface area contributed by atoms with Gasteiger partial charge in [0.25, 0.3) is 0 Å². The quantitative estimate of drug-likeness (QED) is 0.697. The van der Waals surface area contributed by atoms with E-state index in [2.05, 4.69) is 10.6 Å². The number of hydrogen-bond donors (Lipinski definition) is 2. The number of nitrogens with zero attached hydrogens (tertiary/aromatic N) is 1. The minimum absolute atomic E-state index is 0.0281. The van der Waals surface area contributed by atoms with Crippen LogP contribution in [0.3, 0.4) is 0 Å². The number of nitrogens with one attached hydrogen (secondary N) is 2. The highest BCUT2D eigenvalue weighted by Gasteiger charge is 2.30. The second-order valence-electron chi connectivity index (χ2n) is 4.99. The molecule has 2 rings (SSSR count). The van der Waals surface area contributed by atoms with Gasteiger partial charge in [0.2, 0.25) is 11.8 Å². The van der Waals surface area contributed by atoms with Gasteiger partial charge in [0, 0.05) is 32.6 Å². The van der Waals surface area contributed by atoms with Crippen LogP contribution in [0.5, 0.6) is 0 Å². The van der Waals surface area contributed by atoms with E-state index in [-0.39, 0.29) is 17.7 Å². The Labute approximate surface area is 102 Å². The molecular weight excluding hydrogens is 218 g/mol. The van der Waals surface area contributed by atoms with Crippen molar-refractivity contribution in [3.8, 4) is 0 Å². The van der Waals surface area contributed by atoms with Gasteiger partial charge >= 0.3 is 0 Å². The van der Waals surface area contributed by atoms with Crippen molar-refractivity contribution < 1.29 is 9.59 Å². The summed E-state index contributed by atoms with van der Waals surface area (Å²) in [5.41, 5.74) is 0. The third-order valence-corrected chi connectivity index (χ3v) is 3.78. The number of carbonyl (C=O) groups is 2. The summed E-state index contributed by atoms with van der Waals surface area (Å²) < 4.78 is 0. The lowest BCUT2D eigenvalue weighted by atomic mass is 9.96. The molecule has 96 valence electrons. The summed E-state index contributed by atoms with van der Waals surface area (Å²) in [7, 11) is 1.89. The molecule has 0 saturated carbocycles. The highest BCUT2D eigenvalue weighted by Crippen LogP contribution is 2.17. The summed E-state index contributed by atoms with van der Waals surface area (Å²) in [5, 5.41) is 6.09. The maximum Gasteiger partial charge on any atom is 0.227 e. The molecule has 2 atom stereocenters. The average molecular weight is 239 g/mol. The van der Waals surface area contributed by atoms with Gasteiger partial charge < -0.3 is 15.5 Å². The van der Waals surface area contributed by atoms with Crippen LogP contribution < -0.4 is 10.6 Å². The van der Waals surface area contributed by atoms with Gasteiger partial charge in [-0.2, -0.15) is 0 Å². The third kappa shape index (κ3) is 2.97. The van der Waals surface area contributed by atoms with E-state index in [1.54, 1.807) is 0 Å². The molecule has 0 spiro atoms. The standard InChI is InChI=1S/C12H21N3O2/c1-15(10-3-2-6-13-8-10)12(17)9-4-5-11(16)14-7-9/h9-10,13H,2-8H2,1H3,(H,14,16). The zero-order valence-corrected chi connectivity index (χ0v) is 10.4. The SMILES string of the molecule is CN(C(=O)C1CCC(=O)NC1)C1CCCNC1. The lowest BCUT2D eigenvalue weighted by Gasteiger charge is -2.35. The Hall–Kier alpha value is -1.10. The Morgan fingerprint density at radius 1 is 1.35 bits per heavy atom. The molecule has 2 heterocycles. The minimum Gasteiger partial charge on any atom is -0.355 e. The topological polar surface area (TPSA) is 61.4 Å². The Balaban J connectivity index is 1.87. The first kappa shape index (κ1) is 12.4. The monoisotopic (exact) mass is 239 g/mol. The van der Waals surface area contributed by atoms with Crippen LogP contribution in [0.2, 0.25) is 0 Å². The normalized spacial score (nSPS) is 29.6. The molecule has 5 nitrogen and oxygen atoms in total. The van der Waals surface area contributed by atoms with Gasteiger partial charge in [-0.05, 0) is 25.8 Å². The van der Waals surface area contributed by atoms with Gasteiger partial charge in [-0.15, -0.1) is 0 Å². The van der Waals surface area contributed by atoms with Crippen LogP contribution in [0, 0.1) is 5.92 Å². The molecule has 2 aliphatic rings. The summed E-state index contributed by atoms with van der Waals surface area (Å²) in [5.74, 6) is 0.217. The second-order valence-corrected chi connectivity index (χ2v) is 4.99. The second kappa shape index (κ2) is 5.49. The molecule has 0 bridgehead atoms. The number of likely N-dealkylation sites (N-methyl/N-ethyl adjacent to an activating group) is 1. The van der Waals surface area contributed by atoms with Crippen molar-refractivity contribution in [2.45, 2.75) is 31.7 Å². The van der Waals surface area contributed by atoms with Crippen LogP contribution in [-0.2, 0) is 9.59 Å². The van der Waals surface area contributed by atoms with Crippen LogP contribution in [0.15, 0.2) is 0 Å². The Kier molecular flexibility index (Phi) is 3.99. The molecular formula is C12H21N3O2. The van der Waals surface area contributed by atoms with Crippen LogP contribution in [0.1, 0.15) is 25.7 Å². The Morgan fingerprint density at radius 2 is 2.18 bits per heavy atom. The number of amides is 2. The lowest BCUT2D eigenvalue weighted by molar-refractivity contribution is -0.138. The average Bonchev–Trinajstić information content (AvgIpc) is 2.39. The number of piperidine rings is 2. The maximum absolute atomic E-state index is 12.3. The summed E-state index contributed by atoms with van der Waals surface area (Å²) in [6.07, 6.45) is 3.38. The van der Waals surface area contributed by atoms with E-state index in [9.17, 15) is 9.59 Å². The van der Waals surface area contributed by atoms with Crippen molar-refractivity contribution in [3.63, 3.8) is 0 Å². The number of hydrogen-bond acceptors (Lipinski definition) is 3. The summed E-state index contributed by atoms with van der Waals surface area (Å²) in [6, 6.07) is 0.314. The molecule has 2 fully saturated rings. The molecule has 0 aromatic heterocycles. The third-order valence-electron chi connectivity index (χ3n) is 3.78. The highest BCUT2D eigenvalue weighted by atomic mass is 16.2. The van der Waals surface area contributed by atoms with Crippen LogP contribution >= 0.6 is 0 Å². The van der Waals surface area contributed by atoms with Crippen LogP contribution in [0.25, 0.3) is 0 Å². The molecule has 2 unspecified atom stereocenters. The lowest BCUT2D eigenvalue weighted by Crippen LogP contribution is -2.51. The van der Waals surface area contributed by atoms with Crippen LogP contribution in [-0.4, -0.2) is 49.4 Å². The highest BCUT2D eigenvalue weighted by molar-refractivity contribution is 5.83. The van der Waals surface area contributed by atoms with E-state index in [4.69, 9.17) is 0 Å². The molecule has 0 aromatic carbocycles. The zero-order chi connectivity index (χ0) is 12.3. The molecule has 2 amide bonds. The fourth-order valence-electron chi connectivity index (χ4n) is 2.58. The number of rotatable bonds is 2. The van der Waals surface area contributed by atoms with Crippen molar-refractivity contribution >= 4 is 11.8 Å². The molecule has 2 saturated heterocycles. The molecule has 0 aromatic rings. The zero-order valence-electron chi connectivity index (χ0n) is 10.4. The molecule has 0 radical (unpaired) electrons. The van der Waals surface area contributed by atoms with E-state index >= 15 is 0 Å². The summed E-state index contributed by atoms with van der Waals surface area (Å²) in [4.78, 5) is 25.2. The maximum atomic E-state index is 12.3. The van der Waals surface area contributed by atoms with Crippen molar-refractivity contribution in [1.82, 2.24) is 15.5 Å². The van der Waals surface area contributed by atoms with E-state index in [1.807, 2.05) is 11.9 Å². The van der Waals surface area contributed by atoms with Crippen molar-refractivity contribution in [2.24, 2.45) is 5.92 Å². The van der Waals surface area contributed by atoms with E-state index in [0.29, 0.717) is 25.4 Å². The Morgan fingerprint density at radius 3 is 2.76 bits per heavy atom. The summed E-state index contributed by atoms with van der Waals surface area (Å²) in [6.45, 7) is 2.45.